The average molecular weight is 321 g/mol. The summed E-state index contributed by atoms with van der Waals surface area (Å²) in [5, 5.41) is 14.1. The van der Waals surface area contributed by atoms with Crippen molar-refractivity contribution < 1.29 is 5.21 Å². The van der Waals surface area contributed by atoms with Crippen LogP contribution in [0.1, 0.15) is 30.5 Å². The zero-order valence-electron chi connectivity index (χ0n) is 11.3. The molecule has 21 heavy (non-hydrogen) atoms. The van der Waals surface area contributed by atoms with Gasteiger partial charge in [-0.15, -0.1) is 0 Å². The van der Waals surface area contributed by atoms with Gasteiger partial charge in [0, 0.05) is 11.6 Å². The van der Waals surface area contributed by atoms with Crippen LogP contribution in [0.3, 0.4) is 0 Å². The molecule has 0 radical (unpaired) electrons. The molecule has 108 valence electrons. The lowest BCUT2D eigenvalue weighted by Crippen LogP contribution is -2.43. The van der Waals surface area contributed by atoms with Crippen LogP contribution in [0.25, 0.3) is 0 Å². The number of halogens is 2. The molecule has 1 saturated carbocycles. The van der Waals surface area contributed by atoms with Gasteiger partial charge in [0.2, 0.25) is 0 Å². The molecule has 1 aromatic carbocycles. The molecule has 0 aliphatic heterocycles. The van der Waals surface area contributed by atoms with E-state index < -0.39 is 0 Å². The highest BCUT2D eigenvalue weighted by molar-refractivity contribution is 6.42. The average Bonchev–Trinajstić information content (AvgIpc) is 2.47. The van der Waals surface area contributed by atoms with Crippen molar-refractivity contribution in [2.75, 3.05) is 0 Å². The number of hydrogen-bond donors (Lipinski definition) is 1. The number of oxime groups is 1. The molecule has 0 unspecified atom stereocenters. The zero-order valence-corrected chi connectivity index (χ0v) is 12.8. The van der Waals surface area contributed by atoms with Gasteiger partial charge in [-0.25, -0.2) is 0 Å². The molecule has 1 N–H and O–H groups in total. The largest absolute Gasteiger partial charge is 0.411 e. The third-order valence-electron chi connectivity index (χ3n) is 4.14. The lowest BCUT2D eigenvalue weighted by Gasteiger charge is -2.42. The fraction of sp³-hybridized carbons (Fsp3) is 0.250. The number of hydrogen-bond acceptors (Lipinski definition) is 3. The summed E-state index contributed by atoms with van der Waals surface area (Å²) >= 11 is 12.1. The summed E-state index contributed by atoms with van der Waals surface area (Å²) in [4.78, 5) is 4.31. The summed E-state index contributed by atoms with van der Waals surface area (Å²) in [6.07, 6.45) is 4.58. The van der Waals surface area contributed by atoms with Crippen molar-refractivity contribution in [2.24, 2.45) is 5.16 Å². The Hall–Kier alpha value is -1.58. The summed E-state index contributed by atoms with van der Waals surface area (Å²) < 4.78 is 0. The van der Waals surface area contributed by atoms with Gasteiger partial charge in [-0.2, -0.15) is 0 Å². The van der Waals surface area contributed by atoms with Crippen LogP contribution < -0.4 is 0 Å². The summed E-state index contributed by atoms with van der Waals surface area (Å²) in [6.45, 7) is 0. The summed E-state index contributed by atoms with van der Waals surface area (Å²) in [5.74, 6) is 0. The van der Waals surface area contributed by atoms with Crippen LogP contribution in [0.4, 0.5) is 0 Å². The van der Waals surface area contributed by atoms with Gasteiger partial charge in [-0.05, 0) is 42.7 Å². The molecule has 0 saturated heterocycles. The van der Waals surface area contributed by atoms with E-state index in [1.165, 1.54) is 0 Å². The first-order chi connectivity index (χ1) is 10.2. The van der Waals surface area contributed by atoms with E-state index in [2.05, 4.69) is 10.1 Å². The molecule has 2 aromatic rings. The minimum atomic E-state index is -0.336. The molecule has 3 rings (SSSR count). The van der Waals surface area contributed by atoms with Crippen LogP contribution in [-0.4, -0.2) is 15.9 Å². The summed E-state index contributed by atoms with van der Waals surface area (Å²) in [6, 6.07) is 11.2. The fourth-order valence-corrected chi connectivity index (χ4v) is 3.18. The molecule has 1 aromatic heterocycles. The summed E-state index contributed by atoms with van der Waals surface area (Å²) in [7, 11) is 0. The Morgan fingerprint density at radius 3 is 2.48 bits per heavy atom. The predicted octanol–water partition coefficient (Wildman–Crippen LogP) is 4.69. The maximum Gasteiger partial charge on any atom is 0.116 e. The topological polar surface area (TPSA) is 45.5 Å². The molecule has 3 nitrogen and oxygen atoms in total. The van der Waals surface area contributed by atoms with Crippen molar-refractivity contribution in [1.29, 1.82) is 0 Å². The molecule has 1 fully saturated rings. The molecule has 1 heterocycles. The van der Waals surface area contributed by atoms with Gasteiger partial charge in [0.1, 0.15) is 5.71 Å². The Morgan fingerprint density at radius 1 is 1.14 bits per heavy atom. The minimum Gasteiger partial charge on any atom is -0.411 e. The number of rotatable bonds is 3. The maximum atomic E-state index is 9.55. The van der Waals surface area contributed by atoms with E-state index in [-0.39, 0.29) is 5.41 Å². The monoisotopic (exact) mass is 320 g/mol. The molecular formula is C16H14Cl2N2O. The van der Waals surface area contributed by atoms with E-state index in [0.717, 1.165) is 24.8 Å². The van der Waals surface area contributed by atoms with Crippen molar-refractivity contribution in [1.82, 2.24) is 4.98 Å². The van der Waals surface area contributed by atoms with E-state index in [4.69, 9.17) is 23.2 Å². The fourth-order valence-electron chi connectivity index (χ4n) is 2.88. The normalized spacial score (nSPS) is 17.3. The first-order valence-corrected chi connectivity index (χ1v) is 7.52. The van der Waals surface area contributed by atoms with Crippen LogP contribution in [0, 0.1) is 0 Å². The zero-order chi connectivity index (χ0) is 14.9. The minimum absolute atomic E-state index is 0.336. The van der Waals surface area contributed by atoms with E-state index in [1.54, 1.807) is 12.3 Å². The van der Waals surface area contributed by atoms with Crippen LogP contribution in [0.15, 0.2) is 47.8 Å². The number of benzene rings is 1. The van der Waals surface area contributed by atoms with Crippen LogP contribution in [0.2, 0.25) is 10.0 Å². The van der Waals surface area contributed by atoms with Crippen molar-refractivity contribution in [2.45, 2.75) is 24.7 Å². The molecule has 0 bridgehead atoms. The van der Waals surface area contributed by atoms with Crippen LogP contribution in [0.5, 0.6) is 0 Å². The predicted molar refractivity (Wildman–Crippen MR) is 84.6 cm³/mol. The standard InChI is InChI=1S/C16H14Cl2N2O/c17-12-6-5-11(10-13(12)18)16(7-3-8-16)15(20-21)14-4-1-2-9-19-14/h1-2,4-6,9-10,21H,3,7-8H2/b20-15-. The second-order valence-corrected chi connectivity index (χ2v) is 6.04. The van der Waals surface area contributed by atoms with Crippen molar-refractivity contribution >= 4 is 28.9 Å². The highest BCUT2D eigenvalue weighted by Crippen LogP contribution is 2.47. The SMILES string of the molecule is O/N=C(/c1ccccn1)C1(c2ccc(Cl)c(Cl)c2)CCC1. The molecule has 1 aliphatic rings. The van der Waals surface area contributed by atoms with Gasteiger partial charge in [0.05, 0.1) is 15.7 Å². The first-order valence-electron chi connectivity index (χ1n) is 6.77. The maximum absolute atomic E-state index is 9.55. The second kappa shape index (κ2) is 5.66. The van der Waals surface area contributed by atoms with Crippen molar-refractivity contribution in [3.63, 3.8) is 0 Å². The molecule has 1 aliphatic carbocycles. The Kier molecular flexibility index (Phi) is 3.87. The van der Waals surface area contributed by atoms with Crippen molar-refractivity contribution in [3.8, 4) is 0 Å². The van der Waals surface area contributed by atoms with Gasteiger partial charge in [0.25, 0.3) is 0 Å². The lowest BCUT2D eigenvalue weighted by atomic mass is 9.61. The first kappa shape index (κ1) is 14.4. The van der Waals surface area contributed by atoms with Gasteiger partial charge in [0.15, 0.2) is 0 Å². The smallest absolute Gasteiger partial charge is 0.116 e. The summed E-state index contributed by atoms with van der Waals surface area (Å²) in [5.41, 5.74) is 1.96. The Morgan fingerprint density at radius 2 is 1.95 bits per heavy atom. The van der Waals surface area contributed by atoms with E-state index in [0.29, 0.717) is 21.5 Å². The van der Waals surface area contributed by atoms with Gasteiger partial charge < -0.3 is 5.21 Å². The highest BCUT2D eigenvalue weighted by Gasteiger charge is 2.45. The van der Waals surface area contributed by atoms with Crippen LogP contribution in [-0.2, 0) is 5.41 Å². The molecule has 0 atom stereocenters. The van der Waals surface area contributed by atoms with E-state index >= 15 is 0 Å². The van der Waals surface area contributed by atoms with E-state index in [1.807, 2.05) is 30.3 Å². The van der Waals surface area contributed by atoms with Gasteiger partial charge in [-0.1, -0.05) is 46.9 Å². The van der Waals surface area contributed by atoms with Gasteiger partial charge in [-0.3, -0.25) is 4.98 Å². The Balaban J connectivity index is 2.09. The van der Waals surface area contributed by atoms with Gasteiger partial charge >= 0.3 is 0 Å². The Bertz CT molecular complexity index is 682. The Labute approximate surface area is 133 Å². The third kappa shape index (κ3) is 2.41. The number of nitrogens with zero attached hydrogens (tertiary/aromatic N) is 2. The quantitative estimate of drug-likeness (QED) is 0.506. The number of pyridine rings is 1. The third-order valence-corrected chi connectivity index (χ3v) is 4.88. The molecule has 5 heteroatoms. The van der Waals surface area contributed by atoms with Crippen molar-refractivity contribution in [3.05, 3.63) is 63.9 Å². The molecule has 0 amide bonds. The number of aromatic nitrogens is 1. The molecule has 0 spiro atoms. The van der Waals surface area contributed by atoms with E-state index in [9.17, 15) is 5.21 Å². The highest BCUT2D eigenvalue weighted by atomic mass is 35.5. The van der Waals surface area contributed by atoms with Crippen LogP contribution >= 0.6 is 23.2 Å². The second-order valence-electron chi connectivity index (χ2n) is 5.23. The lowest BCUT2D eigenvalue weighted by molar-refractivity contribution is 0.289. The molecular weight excluding hydrogens is 307 g/mol.